The number of hydrogen-bond acceptors (Lipinski definition) is 4. The van der Waals surface area contributed by atoms with Crippen molar-refractivity contribution in [2.45, 2.75) is 19.8 Å². The molecule has 7 heteroatoms. The molecule has 1 aromatic rings. The standard InChI is InChI=1S/C9H11NO2.CH3Cl2N.ClH/c1-2-4-8-7(9(11)12)5-3-6-10-8;1-4(2)3;/h3,5-6H,2,4H2,1H3,(H,11,12);1H3;1H/p-1. The third-order valence-corrected chi connectivity index (χ3v) is 1.60. The predicted octanol–water partition coefficient (Wildman–Crippen LogP) is 2.05. The molecular weight excluding hydrogens is 286 g/mol. The van der Waals surface area contributed by atoms with Gasteiger partial charge in [-0.05, 0) is 42.1 Å². The van der Waals surface area contributed by atoms with Crippen molar-refractivity contribution in [1.29, 1.82) is 0 Å². The summed E-state index contributed by atoms with van der Waals surface area (Å²) < 4.78 is 0.944. The number of aromatic nitrogens is 1. The Balaban J connectivity index is 0. The first-order valence-corrected chi connectivity index (χ1v) is 5.37. The normalized spacial score (nSPS) is 9.00. The van der Waals surface area contributed by atoms with E-state index in [0.29, 0.717) is 12.1 Å². The molecule has 0 atom stereocenters. The van der Waals surface area contributed by atoms with Gasteiger partial charge in [0.25, 0.3) is 0 Å². The van der Waals surface area contributed by atoms with Gasteiger partial charge in [0.15, 0.2) is 0 Å². The molecule has 98 valence electrons. The van der Waals surface area contributed by atoms with Crippen molar-refractivity contribution in [2.24, 2.45) is 0 Å². The summed E-state index contributed by atoms with van der Waals surface area (Å²) in [4.78, 5) is 14.5. The second-order valence-electron chi connectivity index (χ2n) is 2.94. The van der Waals surface area contributed by atoms with Crippen molar-refractivity contribution < 1.29 is 9.90 Å². The zero-order valence-electron chi connectivity index (χ0n) is 9.52. The molecule has 4 nitrogen and oxygen atoms in total. The minimum Gasteiger partial charge on any atom is -0.545 e. The van der Waals surface area contributed by atoms with Crippen molar-refractivity contribution in [3.05, 3.63) is 29.6 Å². The van der Waals surface area contributed by atoms with Gasteiger partial charge in [-0.2, -0.15) is 0 Å². The number of aromatic carboxylic acids is 1. The lowest BCUT2D eigenvalue weighted by Gasteiger charge is -2.06. The van der Waals surface area contributed by atoms with E-state index in [9.17, 15) is 9.90 Å². The van der Waals surface area contributed by atoms with E-state index in [2.05, 4.69) is 4.98 Å². The number of nitrogens with zero attached hydrogens (tertiary/aromatic N) is 2. The number of carboxylic acids is 1. The van der Waals surface area contributed by atoms with Crippen LogP contribution >= 0.6 is 36.0 Å². The van der Waals surface area contributed by atoms with Crippen molar-refractivity contribution in [2.75, 3.05) is 7.05 Å². The van der Waals surface area contributed by atoms with E-state index < -0.39 is 5.97 Å². The molecular formula is C10H14Cl3N2O2-. The van der Waals surface area contributed by atoms with Crippen LogP contribution in [0.25, 0.3) is 0 Å². The van der Waals surface area contributed by atoms with Crippen LogP contribution in [-0.2, 0) is 6.42 Å². The summed E-state index contributed by atoms with van der Waals surface area (Å²) in [6, 6.07) is 3.12. The molecule has 0 aliphatic heterocycles. The van der Waals surface area contributed by atoms with Gasteiger partial charge in [-0.3, -0.25) is 4.98 Å². The second kappa shape index (κ2) is 10.6. The van der Waals surface area contributed by atoms with Crippen LogP contribution in [0.15, 0.2) is 18.3 Å². The van der Waals surface area contributed by atoms with Crippen molar-refractivity contribution in [3.63, 3.8) is 0 Å². The van der Waals surface area contributed by atoms with E-state index in [-0.39, 0.29) is 18.0 Å². The SMILES string of the molecule is CCCc1ncccc1C(=O)[O-].CN(Cl)Cl.Cl. The molecule has 17 heavy (non-hydrogen) atoms. The minimum absolute atomic E-state index is 0. The van der Waals surface area contributed by atoms with Gasteiger partial charge in [0, 0.05) is 24.5 Å². The highest BCUT2D eigenvalue weighted by Gasteiger charge is 2.01. The Hall–Kier alpha value is -0.550. The monoisotopic (exact) mass is 299 g/mol. The summed E-state index contributed by atoms with van der Waals surface area (Å²) in [5.74, 6) is -1.15. The first-order chi connectivity index (χ1) is 7.49. The van der Waals surface area contributed by atoms with Crippen LogP contribution in [0.3, 0.4) is 0 Å². The molecule has 0 aromatic carbocycles. The average molecular weight is 301 g/mol. The molecule has 0 saturated carbocycles. The van der Waals surface area contributed by atoms with Crippen LogP contribution in [0.2, 0.25) is 0 Å². The van der Waals surface area contributed by atoms with Gasteiger partial charge in [-0.15, -0.1) is 16.3 Å². The van der Waals surface area contributed by atoms with Gasteiger partial charge in [-0.1, -0.05) is 13.3 Å². The van der Waals surface area contributed by atoms with Crippen LogP contribution in [-0.4, -0.2) is 21.9 Å². The zero-order chi connectivity index (χ0) is 12.6. The lowest BCUT2D eigenvalue weighted by molar-refractivity contribution is -0.255. The van der Waals surface area contributed by atoms with E-state index in [0.717, 1.165) is 10.4 Å². The molecule has 1 rings (SSSR count). The van der Waals surface area contributed by atoms with Gasteiger partial charge in [0.2, 0.25) is 0 Å². The van der Waals surface area contributed by atoms with Crippen LogP contribution in [0.4, 0.5) is 0 Å². The first kappa shape index (κ1) is 18.8. The fourth-order valence-corrected chi connectivity index (χ4v) is 1.06. The van der Waals surface area contributed by atoms with Gasteiger partial charge in [0.1, 0.15) is 0 Å². The number of carbonyl (C=O) groups excluding carboxylic acids is 1. The van der Waals surface area contributed by atoms with Crippen LogP contribution < -0.4 is 5.11 Å². The van der Waals surface area contributed by atoms with Crippen LogP contribution in [0.5, 0.6) is 0 Å². The van der Waals surface area contributed by atoms with Gasteiger partial charge < -0.3 is 9.90 Å². The molecule has 0 aliphatic rings. The number of carboxylic acid groups (broad SMARTS) is 1. The maximum atomic E-state index is 10.5. The fourth-order valence-electron chi connectivity index (χ4n) is 1.06. The Bertz CT molecular complexity index is 332. The molecule has 0 bridgehead atoms. The maximum Gasteiger partial charge on any atom is 0.0733 e. The van der Waals surface area contributed by atoms with Gasteiger partial charge in [-0.25, -0.2) is 0 Å². The molecule has 0 N–H and O–H groups in total. The lowest BCUT2D eigenvalue weighted by atomic mass is 10.1. The Kier molecular flexibility index (Phi) is 11.7. The summed E-state index contributed by atoms with van der Waals surface area (Å²) in [5.41, 5.74) is 0.819. The lowest BCUT2D eigenvalue weighted by Crippen LogP contribution is -2.24. The Morgan fingerprint density at radius 2 is 2.06 bits per heavy atom. The molecule has 0 radical (unpaired) electrons. The predicted molar refractivity (Wildman–Crippen MR) is 69.3 cm³/mol. The van der Waals surface area contributed by atoms with Crippen LogP contribution in [0.1, 0.15) is 29.4 Å². The largest absolute Gasteiger partial charge is 0.545 e. The molecule has 0 saturated heterocycles. The third kappa shape index (κ3) is 9.18. The number of aryl methyl sites for hydroxylation is 1. The molecule has 1 heterocycles. The van der Waals surface area contributed by atoms with Gasteiger partial charge in [0.05, 0.1) is 5.97 Å². The molecule has 1 aromatic heterocycles. The highest BCUT2D eigenvalue weighted by Crippen LogP contribution is 2.06. The summed E-state index contributed by atoms with van der Waals surface area (Å²) in [7, 11) is 1.53. The number of carbonyl (C=O) groups is 1. The molecule has 0 unspecified atom stereocenters. The molecule has 0 fully saturated rings. The van der Waals surface area contributed by atoms with E-state index in [4.69, 9.17) is 23.6 Å². The summed E-state index contributed by atoms with van der Waals surface area (Å²) in [5, 5.41) is 10.5. The average Bonchev–Trinajstić information content (AvgIpc) is 2.18. The number of hydrogen-bond donors (Lipinski definition) is 0. The van der Waals surface area contributed by atoms with E-state index in [1.54, 1.807) is 12.3 Å². The number of pyridine rings is 1. The zero-order valence-corrected chi connectivity index (χ0v) is 11.8. The van der Waals surface area contributed by atoms with Crippen molar-refractivity contribution in [1.82, 2.24) is 8.92 Å². The third-order valence-electron chi connectivity index (χ3n) is 1.60. The Labute approximate surface area is 117 Å². The van der Waals surface area contributed by atoms with Crippen molar-refractivity contribution >= 4 is 41.9 Å². The smallest absolute Gasteiger partial charge is 0.0733 e. The van der Waals surface area contributed by atoms with Crippen molar-refractivity contribution in [3.8, 4) is 0 Å². The van der Waals surface area contributed by atoms with E-state index >= 15 is 0 Å². The van der Waals surface area contributed by atoms with E-state index in [1.165, 1.54) is 13.1 Å². The summed E-state index contributed by atoms with van der Waals surface area (Å²) >= 11 is 9.75. The summed E-state index contributed by atoms with van der Waals surface area (Å²) in [6.07, 6.45) is 3.17. The number of rotatable bonds is 3. The quantitative estimate of drug-likeness (QED) is 0.802. The van der Waals surface area contributed by atoms with Gasteiger partial charge >= 0.3 is 0 Å². The Morgan fingerprint density at radius 1 is 1.53 bits per heavy atom. The highest BCUT2D eigenvalue weighted by molar-refractivity contribution is 6.33. The fraction of sp³-hybridized carbons (Fsp3) is 0.400. The summed E-state index contributed by atoms with van der Waals surface area (Å²) in [6.45, 7) is 1.98. The highest BCUT2D eigenvalue weighted by atomic mass is 35.5. The first-order valence-electron chi connectivity index (χ1n) is 4.69. The molecule has 0 amide bonds. The Morgan fingerprint density at radius 3 is 2.47 bits per heavy atom. The van der Waals surface area contributed by atoms with Crippen LogP contribution in [0, 0.1) is 0 Å². The molecule has 0 aliphatic carbocycles. The second-order valence-corrected chi connectivity index (χ2v) is 4.12. The van der Waals surface area contributed by atoms with E-state index in [1.807, 2.05) is 6.92 Å². The topological polar surface area (TPSA) is 56.3 Å². The number of halogens is 3. The molecule has 0 spiro atoms. The maximum absolute atomic E-state index is 10.5. The minimum atomic E-state index is -1.15.